The fourth-order valence-corrected chi connectivity index (χ4v) is 3.32. The molecule has 1 aromatic rings. The van der Waals surface area contributed by atoms with Gasteiger partial charge in [0.2, 0.25) is 5.92 Å². The predicted molar refractivity (Wildman–Crippen MR) is 87.0 cm³/mol. The summed E-state index contributed by atoms with van der Waals surface area (Å²) in [4.78, 5) is 25.4. The van der Waals surface area contributed by atoms with Gasteiger partial charge in [0.25, 0.3) is 5.56 Å². The van der Waals surface area contributed by atoms with Gasteiger partial charge < -0.3 is 15.0 Å². The van der Waals surface area contributed by atoms with Crippen LogP contribution in [0, 0.1) is 11.3 Å². The molecular formula is C16H19F2N5O3. The summed E-state index contributed by atoms with van der Waals surface area (Å²) in [6.07, 6.45) is 0.871. The number of carbonyl (C=O) groups excluding carboxylic acids is 1. The minimum Gasteiger partial charge on any atom is -0.444 e. The SMILES string of the molecule is N#Cc1c(N2CC[C@@H](OC(=O)NC3CCC(F)(F)CC3)C2)cn[nH]c1=O. The van der Waals surface area contributed by atoms with E-state index in [9.17, 15) is 18.4 Å². The molecule has 1 aliphatic heterocycles. The number of carbonyl (C=O) groups is 1. The molecule has 0 aromatic carbocycles. The van der Waals surface area contributed by atoms with Gasteiger partial charge in [-0.3, -0.25) is 4.79 Å². The molecule has 10 heteroatoms. The Morgan fingerprint density at radius 2 is 2.15 bits per heavy atom. The lowest BCUT2D eigenvalue weighted by atomic mass is 9.92. The summed E-state index contributed by atoms with van der Waals surface area (Å²) in [6, 6.07) is 1.55. The maximum Gasteiger partial charge on any atom is 0.407 e. The van der Waals surface area contributed by atoms with E-state index in [0.717, 1.165) is 0 Å². The third-order valence-electron chi connectivity index (χ3n) is 4.75. The second kappa shape index (κ2) is 7.27. The van der Waals surface area contributed by atoms with Crippen LogP contribution in [0.1, 0.15) is 37.7 Å². The van der Waals surface area contributed by atoms with Gasteiger partial charge in [-0.05, 0) is 12.8 Å². The number of nitrogens with one attached hydrogen (secondary N) is 2. The number of rotatable bonds is 3. The van der Waals surface area contributed by atoms with E-state index >= 15 is 0 Å². The summed E-state index contributed by atoms with van der Waals surface area (Å²) < 4.78 is 31.6. The van der Waals surface area contributed by atoms with Gasteiger partial charge in [-0.25, -0.2) is 18.7 Å². The third-order valence-corrected chi connectivity index (χ3v) is 4.75. The van der Waals surface area contributed by atoms with Crippen LogP contribution < -0.4 is 15.8 Å². The third kappa shape index (κ3) is 4.09. The average molecular weight is 367 g/mol. The summed E-state index contributed by atoms with van der Waals surface area (Å²) in [7, 11) is 0. The highest BCUT2D eigenvalue weighted by atomic mass is 19.3. The van der Waals surface area contributed by atoms with E-state index in [1.54, 1.807) is 4.90 Å². The Kier molecular flexibility index (Phi) is 5.06. The van der Waals surface area contributed by atoms with Gasteiger partial charge in [-0.2, -0.15) is 10.4 Å². The van der Waals surface area contributed by atoms with Crippen LogP contribution in [0.3, 0.4) is 0 Å². The molecule has 2 aliphatic rings. The Balaban J connectivity index is 1.52. The smallest absolute Gasteiger partial charge is 0.407 e. The fourth-order valence-electron chi connectivity index (χ4n) is 3.32. The van der Waals surface area contributed by atoms with Crippen molar-refractivity contribution in [3.05, 3.63) is 22.1 Å². The van der Waals surface area contributed by atoms with E-state index in [1.165, 1.54) is 6.20 Å². The lowest BCUT2D eigenvalue weighted by Crippen LogP contribution is -2.42. The normalized spacial score (nSPS) is 22.7. The van der Waals surface area contributed by atoms with Crippen LogP contribution in [0.2, 0.25) is 0 Å². The van der Waals surface area contributed by atoms with Gasteiger partial charge in [-0.15, -0.1) is 0 Å². The number of halogens is 2. The number of alkyl halides is 2. The minimum atomic E-state index is -2.64. The monoisotopic (exact) mass is 367 g/mol. The van der Waals surface area contributed by atoms with E-state index in [1.807, 2.05) is 6.07 Å². The first kappa shape index (κ1) is 18.1. The minimum absolute atomic E-state index is 0.0340. The van der Waals surface area contributed by atoms with E-state index < -0.39 is 23.7 Å². The van der Waals surface area contributed by atoms with Crippen molar-refractivity contribution >= 4 is 11.8 Å². The Hall–Kier alpha value is -2.70. The van der Waals surface area contributed by atoms with Crippen molar-refractivity contribution in [1.29, 1.82) is 5.26 Å². The number of amides is 1. The molecule has 0 bridgehead atoms. The quantitative estimate of drug-likeness (QED) is 0.838. The Morgan fingerprint density at radius 1 is 1.42 bits per heavy atom. The highest BCUT2D eigenvalue weighted by Gasteiger charge is 2.36. The van der Waals surface area contributed by atoms with E-state index in [0.29, 0.717) is 25.2 Å². The van der Waals surface area contributed by atoms with Crippen molar-refractivity contribution in [2.24, 2.45) is 0 Å². The Morgan fingerprint density at radius 3 is 2.85 bits per heavy atom. The first-order valence-electron chi connectivity index (χ1n) is 8.45. The first-order chi connectivity index (χ1) is 12.4. The summed E-state index contributed by atoms with van der Waals surface area (Å²) in [5.41, 5.74) is -0.202. The molecule has 1 aliphatic carbocycles. The second-order valence-electron chi connectivity index (χ2n) is 6.61. The summed E-state index contributed by atoms with van der Waals surface area (Å²) >= 11 is 0. The summed E-state index contributed by atoms with van der Waals surface area (Å²) in [5, 5.41) is 17.7. The molecular weight excluding hydrogens is 348 g/mol. The number of H-pyrrole nitrogens is 1. The highest BCUT2D eigenvalue weighted by molar-refractivity contribution is 5.68. The van der Waals surface area contributed by atoms with Gasteiger partial charge >= 0.3 is 6.09 Å². The maximum atomic E-state index is 13.1. The molecule has 140 valence electrons. The largest absolute Gasteiger partial charge is 0.444 e. The summed E-state index contributed by atoms with van der Waals surface area (Å²) in [6.45, 7) is 0.837. The molecule has 1 saturated carbocycles. The van der Waals surface area contributed by atoms with Crippen LogP contribution in [0.15, 0.2) is 11.0 Å². The molecule has 8 nitrogen and oxygen atoms in total. The maximum absolute atomic E-state index is 13.1. The van der Waals surface area contributed by atoms with Crippen LogP contribution in [-0.2, 0) is 4.74 Å². The lowest BCUT2D eigenvalue weighted by Gasteiger charge is -2.28. The molecule has 1 saturated heterocycles. The first-order valence-corrected chi connectivity index (χ1v) is 8.45. The molecule has 0 radical (unpaired) electrons. The van der Waals surface area contributed by atoms with Crippen molar-refractivity contribution < 1.29 is 18.3 Å². The van der Waals surface area contributed by atoms with Crippen molar-refractivity contribution in [1.82, 2.24) is 15.5 Å². The van der Waals surface area contributed by atoms with E-state index in [-0.39, 0.29) is 37.3 Å². The molecule has 2 fully saturated rings. The fraction of sp³-hybridized carbons (Fsp3) is 0.625. The molecule has 2 N–H and O–H groups in total. The number of hydrogen-bond donors (Lipinski definition) is 2. The van der Waals surface area contributed by atoms with Crippen LogP contribution in [0.5, 0.6) is 0 Å². The lowest BCUT2D eigenvalue weighted by molar-refractivity contribution is -0.0406. The van der Waals surface area contributed by atoms with Gasteiger partial charge in [0.05, 0.1) is 18.4 Å². The number of ether oxygens (including phenoxy) is 1. The molecule has 1 amide bonds. The van der Waals surface area contributed by atoms with Crippen molar-refractivity contribution in [3.8, 4) is 6.07 Å². The molecule has 0 spiro atoms. The highest BCUT2D eigenvalue weighted by Crippen LogP contribution is 2.33. The predicted octanol–water partition coefficient (Wildman–Crippen LogP) is 1.52. The van der Waals surface area contributed by atoms with E-state index in [2.05, 4.69) is 15.5 Å². The molecule has 1 atom stereocenters. The van der Waals surface area contributed by atoms with Gasteiger partial charge in [0.1, 0.15) is 17.7 Å². The number of aromatic amines is 1. The Labute approximate surface area is 148 Å². The number of nitriles is 1. The number of alkyl carbamates (subject to hydrolysis) is 1. The zero-order valence-corrected chi connectivity index (χ0v) is 14.0. The van der Waals surface area contributed by atoms with Gasteiger partial charge in [0.15, 0.2) is 0 Å². The molecule has 2 heterocycles. The summed E-state index contributed by atoms with van der Waals surface area (Å²) in [5.74, 6) is -2.64. The standard InChI is InChI=1S/C16H19F2N5O3/c17-16(18)4-1-10(2-5-16)21-15(25)26-11-3-6-23(9-11)13-8-20-22-14(24)12(13)7-19/h8,10-11H,1-6,9H2,(H,21,25)(H,22,24)/t11-/m1/s1. The topological polar surface area (TPSA) is 111 Å². The zero-order chi connectivity index (χ0) is 18.7. The number of anilines is 1. The molecule has 1 aromatic heterocycles. The van der Waals surface area contributed by atoms with Crippen LogP contribution >= 0.6 is 0 Å². The van der Waals surface area contributed by atoms with E-state index in [4.69, 9.17) is 10.00 Å². The Bertz CT molecular complexity index is 766. The number of nitrogens with zero attached hydrogens (tertiary/aromatic N) is 3. The zero-order valence-electron chi connectivity index (χ0n) is 14.0. The van der Waals surface area contributed by atoms with Gasteiger partial charge in [-0.1, -0.05) is 0 Å². The molecule has 3 rings (SSSR count). The van der Waals surface area contributed by atoms with Crippen LogP contribution in [0.25, 0.3) is 0 Å². The number of hydrogen-bond acceptors (Lipinski definition) is 6. The molecule has 0 unspecified atom stereocenters. The van der Waals surface area contributed by atoms with Crippen molar-refractivity contribution in [2.75, 3.05) is 18.0 Å². The average Bonchev–Trinajstić information content (AvgIpc) is 3.04. The van der Waals surface area contributed by atoms with Crippen molar-refractivity contribution in [3.63, 3.8) is 0 Å². The number of aromatic nitrogens is 2. The van der Waals surface area contributed by atoms with Crippen molar-refractivity contribution in [2.45, 2.75) is 50.2 Å². The van der Waals surface area contributed by atoms with Crippen LogP contribution in [0.4, 0.5) is 19.3 Å². The van der Waals surface area contributed by atoms with Gasteiger partial charge in [0, 0.05) is 31.8 Å². The van der Waals surface area contributed by atoms with Crippen LogP contribution in [-0.4, -0.2) is 47.4 Å². The molecule has 26 heavy (non-hydrogen) atoms. The second-order valence-corrected chi connectivity index (χ2v) is 6.61.